The molecule has 0 radical (unpaired) electrons. The Bertz CT molecular complexity index is 1020. The summed E-state index contributed by atoms with van der Waals surface area (Å²) in [7, 11) is 0. The number of amides is 1. The summed E-state index contributed by atoms with van der Waals surface area (Å²) >= 11 is 0. The minimum Gasteiger partial charge on any atom is -0.355 e. The van der Waals surface area contributed by atoms with Crippen molar-refractivity contribution in [1.29, 1.82) is 0 Å². The van der Waals surface area contributed by atoms with Crippen LogP contribution in [0.5, 0.6) is 0 Å². The van der Waals surface area contributed by atoms with Crippen LogP contribution in [0.25, 0.3) is 10.9 Å². The second kappa shape index (κ2) is 7.63. The lowest BCUT2D eigenvalue weighted by molar-refractivity contribution is 0.0692. The first-order chi connectivity index (χ1) is 13.5. The van der Waals surface area contributed by atoms with Crippen LogP contribution < -0.4 is 5.32 Å². The fraction of sp³-hybridized carbons (Fsp3) is 0.333. The number of aryl methyl sites for hydroxylation is 2. The summed E-state index contributed by atoms with van der Waals surface area (Å²) in [5.74, 6) is 0.719. The van der Waals surface area contributed by atoms with Crippen LogP contribution in [0.4, 0.5) is 11.4 Å². The summed E-state index contributed by atoms with van der Waals surface area (Å²) in [6, 6.07) is 16.2. The van der Waals surface area contributed by atoms with Crippen LogP contribution >= 0.6 is 0 Å². The SMILES string of the molecule is Cc1ccc(Nc2cc(C(=O)N3CCC(C)CC3)nc3ccccc23)cc1C. The van der Waals surface area contributed by atoms with Gasteiger partial charge < -0.3 is 10.2 Å². The van der Waals surface area contributed by atoms with Crippen molar-refractivity contribution >= 4 is 28.2 Å². The van der Waals surface area contributed by atoms with Crippen molar-refractivity contribution in [3.8, 4) is 0 Å². The largest absolute Gasteiger partial charge is 0.355 e. The second-order valence-corrected chi connectivity index (χ2v) is 7.97. The number of likely N-dealkylation sites (tertiary alicyclic amines) is 1. The smallest absolute Gasteiger partial charge is 0.272 e. The number of aromatic nitrogens is 1. The molecule has 0 bridgehead atoms. The highest BCUT2D eigenvalue weighted by Gasteiger charge is 2.23. The van der Waals surface area contributed by atoms with Crippen LogP contribution in [0, 0.1) is 19.8 Å². The third kappa shape index (κ3) is 3.72. The number of benzene rings is 2. The number of hydrogen-bond donors (Lipinski definition) is 1. The standard InChI is InChI=1S/C24H27N3O/c1-16-10-12-27(13-11-16)24(28)23-15-22(20-6-4-5-7-21(20)26-23)25-19-9-8-17(2)18(3)14-19/h4-9,14-16H,10-13H2,1-3H3,(H,25,26). The molecule has 4 heteroatoms. The fourth-order valence-corrected chi connectivity index (χ4v) is 3.74. The molecule has 144 valence electrons. The van der Waals surface area contributed by atoms with Gasteiger partial charge in [-0.3, -0.25) is 4.79 Å². The number of pyridine rings is 1. The minimum absolute atomic E-state index is 0.0285. The lowest BCUT2D eigenvalue weighted by Gasteiger charge is -2.30. The summed E-state index contributed by atoms with van der Waals surface area (Å²) in [5, 5.41) is 4.53. The molecule has 1 saturated heterocycles. The Hall–Kier alpha value is -2.88. The van der Waals surface area contributed by atoms with E-state index in [1.165, 1.54) is 11.1 Å². The van der Waals surface area contributed by atoms with Crippen molar-refractivity contribution in [2.75, 3.05) is 18.4 Å². The van der Waals surface area contributed by atoms with Crippen LogP contribution in [-0.4, -0.2) is 28.9 Å². The molecule has 0 atom stereocenters. The van der Waals surface area contributed by atoms with Gasteiger partial charge in [0.15, 0.2) is 0 Å². The van der Waals surface area contributed by atoms with Crippen molar-refractivity contribution in [3.63, 3.8) is 0 Å². The predicted octanol–water partition coefficient (Wildman–Crippen LogP) is 5.47. The van der Waals surface area contributed by atoms with Crippen molar-refractivity contribution in [3.05, 3.63) is 65.4 Å². The Labute approximate surface area is 166 Å². The van der Waals surface area contributed by atoms with Crippen LogP contribution in [-0.2, 0) is 0 Å². The fourth-order valence-electron chi connectivity index (χ4n) is 3.74. The number of rotatable bonds is 3. The van der Waals surface area contributed by atoms with Crippen molar-refractivity contribution in [2.45, 2.75) is 33.6 Å². The number of anilines is 2. The van der Waals surface area contributed by atoms with E-state index in [2.05, 4.69) is 49.3 Å². The number of nitrogens with zero attached hydrogens (tertiary/aromatic N) is 2. The Balaban J connectivity index is 1.71. The molecule has 4 nitrogen and oxygen atoms in total. The molecule has 0 spiro atoms. The molecule has 2 aromatic carbocycles. The Morgan fingerprint density at radius 2 is 1.79 bits per heavy atom. The van der Waals surface area contributed by atoms with Gasteiger partial charge in [-0.05, 0) is 68.0 Å². The zero-order valence-corrected chi connectivity index (χ0v) is 16.8. The highest BCUT2D eigenvalue weighted by atomic mass is 16.2. The van der Waals surface area contributed by atoms with Gasteiger partial charge in [-0.15, -0.1) is 0 Å². The van der Waals surface area contributed by atoms with Gasteiger partial charge in [-0.25, -0.2) is 4.98 Å². The average Bonchev–Trinajstić information content (AvgIpc) is 2.71. The minimum atomic E-state index is 0.0285. The molecule has 1 aromatic heterocycles. The van der Waals surface area contributed by atoms with E-state index in [9.17, 15) is 4.79 Å². The van der Waals surface area contributed by atoms with Crippen molar-refractivity contribution in [1.82, 2.24) is 9.88 Å². The van der Waals surface area contributed by atoms with E-state index in [4.69, 9.17) is 0 Å². The molecule has 28 heavy (non-hydrogen) atoms. The van der Waals surface area contributed by atoms with E-state index >= 15 is 0 Å². The predicted molar refractivity (Wildman–Crippen MR) is 115 cm³/mol. The van der Waals surface area contributed by atoms with Gasteiger partial charge in [0.05, 0.1) is 11.2 Å². The van der Waals surface area contributed by atoms with Gasteiger partial charge in [-0.2, -0.15) is 0 Å². The monoisotopic (exact) mass is 373 g/mol. The zero-order chi connectivity index (χ0) is 19.7. The quantitative estimate of drug-likeness (QED) is 0.662. The first kappa shape index (κ1) is 18.5. The van der Waals surface area contributed by atoms with Crippen molar-refractivity contribution in [2.24, 2.45) is 5.92 Å². The van der Waals surface area contributed by atoms with E-state index in [-0.39, 0.29) is 5.91 Å². The van der Waals surface area contributed by atoms with Gasteiger partial charge in [0.25, 0.3) is 5.91 Å². The number of carbonyl (C=O) groups excluding carboxylic acids is 1. The molecule has 1 amide bonds. The first-order valence-electron chi connectivity index (χ1n) is 10.0. The summed E-state index contributed by atoms with van der Waals surface area (Å²) in [5.41, 5.74) is 5.79. The third-order valence-electron chi connectivity index (χ3n) is 5.79. The number of fused-ring (bicyclic) bond motifs is 1. The van der Waals surface area contributed by atoms with Gasteiger partial charge in [-0.1, -0.05) is 31.2 Å². The highest BCUT2D eigenvalue weighted by Crippen LogP contribution is 2.28. The van der Waals surface area contributed by atoms with Crippen LogP contribution in [0.3, 0.4) is 0 Å². The Morgan fingerprint density at radius 3 is 2.54 bits per heavy atom. The van der Waals surface area contributed by atoms with Gasteiger partial charge in [0.2, 0.25) is 0 Å². The summed E-state index contributed by atoms with van der Waals surface area (Å²) in [6.07, 6.45) is 2.13. The second-order valence-electron chi connectivity index (χ2n) is 7.97. The highest BCUT2D eigenvalue weighted by molar-refractivity contribution is 6.00. The number of para-hydroxylation sites is 1. The lowest BCUT2D eigenvalue weighted by Crippen LogP contribution is -2.38. The molecule has 4 rings (SSSR count). The molecular formula is C24H27N3O. The van der Waals surface area contributed by atoms with Gasteiger partial charge in [0.1, 0.15) is 5.69 Å². The topological polar surface area (TPSA) is 45.2 Å². The van der Waals surface area contributed by atoms with Crippen LogP contribution in [0.2, 0.25) is 0 Å². The molecule has 2 heterocycles. The van der Waals surface area contributed by atoms with E-state index < -0.39 is 0 Å². The van der Waals surface area contributed by atoms with Crippen LogP contribution in [0.1, 0.15) is 41.4 Å². The van der Waals surface area contributed by atoms with Gasteiger partial charge in [0, 0.05) is 24.2 Å². The van der Waals surface area contributed by atoms with Crippen molar-refractivity contribution < 1.29 is 4.79 Å². The third-order valence-corrected chi connectivity index (χ3v) is 5.79. The molecule has 1 N–H and O–H groups in total. The maximum absolute atomic E-state index is 13.1. The number of nitrogens with one attached hydrogen (secondary N) is 1. The molecule has 0 aliphatic carbocycles. The molecular weight excluding hydrogens is 346 g/mol. The maximum Gasteiger partial charge on any atom is 0.272 e. The summed E-state index contributed by atoms with van der Waals surface area (Å²) in [4.78, 5) is 19.7. The molecule has 0 saturated carbocycles. The van der Waals surface area contributed by atoms with E-state index in [0.29, 0.717) is 11.6 Å². The average molecular weight is 374 g/mol. The normalized spacial score (nSPS) is 15.0. The Morgan fingerprint density at radius 1 is 1.04 bits per heavy atom. The van der Waals surface area contributed by atoms with Gasteiger partial charge >= 0.3 is 0 Å². The van der Waals surface area contributed by atoms with E-state index in [0.717, 1.165) is 48.2 Å². The van der Waals surface area contributed by atoms with E-state index in [1.807, 2.05) is 35.2 Å². The Kier molecular flexibility index (Phi) is 5.03. The molecule has 1 fully saturated rings. The lowest BCUT2D eigenvalue weighted by atomic mass is 9.99. The van der Waals surface area contributed by atoms with E-state index in [1.54, 1.807) is 0 Å². The molecule has 1 aliphatic heterocycles. The number of piperidine rings is 1. The molecule has 3 aromatic rings. The van der Waals surface area contributed by atoms with Crippen LogP contribution in [0.15, 0.2) is 48.5 Å². The summed E-state index contributed by atoms with van der Waals surface area (Å²) in [6.45, 7) is 8.10. The zero-order valence-electron chi connectivity index (χ0n) is 16.8. The number of carbonyl (C=O) groups is 1. The molecule has 1 aliphatic rings. The molecule has 0 unspecified atom stereocenters. The maximum atomic E-state index is 13.1. The number of hydrogen-bond acceptors (Lipinski definition) is 3. The first-order valence-corrected chi connectivity index (χ1v) is 10.0. The summed E-state index contributed by atoms with van der Waals surface area (Å²) < 4.78 is 0.